The predicted molar refractivity (Wildman–Crippen MR) is 65.1 cm³/mol. The molecule has 0 amide bonds. The summed E-state index contributed by atoms with van der Waals surface area (Å²) in [5.74, 6) is -1.66. The third-order valence-electron chi connectivity index (χ3n) is 2.56. The van der Waals surface area contributed by atoms with Crippen LogP contribution in [0.1, 0.15) is 5.56 Å². The summed E-state index contributed by atoms with van der Waals surface area (Å²) in [6.07, 6.45) is 0.708. The topological polar surface area (TPSA) is 118 Å². The summed E-state index contributed by atoms with van der Waals surface area (Å²) >= 11 is 0. The molecule has 8 nitrogen and oxygen atoms in total. The van der Waals surface area contributed by atoms with E-state index < -0.39 is 33.4 Å². The molecule has 0 fully saturated rings. The molecule has 2 N–H and O–H groups in total. The monoisotopic (exact) mass is 281 g/mol. The molecular weight excluding hydrogens is 273 g/mol. The molecule has 20 heavy (non-hydrogen) atoms. The lowest BCUT2D eigenvalue weighted by molar-refractivity contribution is -0.385. The van der Waals surface area contributed by atoms with Crippen LogP contribution in [0.25, 0.3) is 0 Å². The number of nitrogens with zero attached hydrogens (tertiary/aromatic N) is 2. The van der Waals surface area contributed by atoms with Gasteiger partial charge in [0.25, 0.3) is 5.56 Å². The maximum atomic E-state index is 13.1. The highest BCUT2D eigenvalue weighted by atomic mass is 19.1. The highest BCUT2D eigenvalue weighted by Crippen LogP contribution is 2.26. The van der Waals surface area contributed by atoms with Crippen LogP contribution in [0, 0.1) is 15.9 Å². The molecule has 0 atom stereocenters. The Morgan fingerprint density at radius 3 is 2.75 bits per heavy atom. The lowest BCUT2D eigenvalue weighted by Crippen LogP contribution is -2.31. The molecule has 1 aromatic heterocycles. The second-order valence-corrected chi connectivity index (χ2v) is 3.94. The number of H-pyrrole nitrogens is 1. The fraction of sp³-hybridized carbons (Fsp3) is 0.0909. The van der Waals surface area contributed by atoms with E-state index >= 15 is 0 Å². The van der Waals surface area contributed by atoms with E-state index in [1.807, 2.05) is 0 Å². The van der Waals surface area contributed by atoms with Gasteiger partial charge in [0.15, 0.2) is 5.75 Å². The van der Waals surface area contributed by atoms with Crippen LogP contribution in [0.15, 0.2) is 34.0 Å². The number of benzene rings is 1. The zero-order valence-corrected chi connectivity index (χ0v) is 9.87. The first-order valence-corrected chi connectivity index (χ1v) is 5.34. The number of phenols is 1. The van der Waals surface area contributed by atoms with Gasteiger partial charge in [-0.25, -0.2) is 4.79 Å². The number of nitrogens with one attached hydrogen (secondary N) is 1. The molecule has 0 unspecified atom stereocenters. The molecule has 0 aliphatic heterocycles. The number of phenolic OH excluding ortho intramolecular Hbond substituents is 1. The number of aromatic nitrogens is 2. The van der Waals surface area contributed by atoms with E-state index in [9.17, 15) is 29.2 Å². The first-order chi connectivity index (χ1) is 9.38. The summed E-state index contributed by atoms with van der Waals surface area (Å²) in [7, 11) is 0. The summed E-state index contributed by atoms with van der Waals surface area (Å²) in [5.41, 5.74) is -2.21. The van der Waals surface area contributed by atoms with Crippen molar-refractivity contribution in [2.45, 2.75) is 6.54 Å². The summed E-state index contributed by atoms with van der Waals surface area (Å²) in [6.45, 7) is -0.187. The SMILES string of the molecule is O=c1[nH]c(=O)n(Cc2ccc(O)c([N+](=O)[O-])c2)cc1F. The molecule has 2 aromatic rings. The zero-order valence-electron chi connectivity index (χ0n) is 9.87. The number of nitro groups is 1. The second-order valence-electron chi connectivity index (χ2n) is 3.94. The Labute approximate surface area is 109 Å². The molecule has 2 rings (SSSR count). The number of rotatable bonds is 3. The summed E-state index contributed by atoms with van der Waals surface area (Å²) in [5, 5.41) is 20.0. The van der Waals surface area contributed by atoms with Gasteiger partial charge in [-0.2, -0.15) is 4.39 Å². The highest BCUT2D eigenvalue weighted by Gasteiger charge is 2.14. The van der Waals surface area contributed by atoms with Crippen molar-refractivity contribution in [1.29, 1.82) is 0 Å². The van der Waals surface area contributed by atoms with Gasteiger partial charge in [0.2, 0.25) is 5.82 Å². The Bertz CT molecular complexity index is 795. The van der Waals surface area contributed by atoms with Gasteiger partial charge in [0.05, 0.1) is 17.7 Å². The van der Waals surface area contributed by atoms with Gasteiger partial charge >= 0.3 is 11.4 Å². The van der Waals surface area contributed by atoms with Crippen molar-refractivity contribution in [1.82, 2.24) is 9.55 Å². The normalized spacial score (nSPS) is 10.4. The Morgan fingerprint density at radius 2 is 2.10 bits per heavy atom. The van der Waals surface area contributed by atoms with Crippen LogP contribution in [0.5, 0.6) is 5.75 Å². The Hall–Kier alpha value is -2.97. The maximum absolute atomic E-state index is 13.1. The van der Waals surface area contributed by atoms with Crippen molar-refractivity contribution in [3.8, 4) is 5.75 Å². The van der Waals surface area contributed by atoms with Crippen LogP contribution >= 0.6 is 0 Å². The van der Waals surface area contributed by atoms with Crippen LogP contribution in [-0.2, 0) is 6.54 Å². The van der Waals surface area contributed by atoms with E-state index in [0.29, 0.717) is 11.8 Å². The Kier molecular flexibility index (Phi) is 3.34. The molecule has 9 heteroatoms. The predicted octanol–water partition coefficient (Wildman–Crippen LogP) is 0.338. The smallest absolute Gasteiger partial charge is 0.328 e. The molecule has 0 spiro atoms. The van der Waals surface area contributed by atoms with Crippen LogP contribution in [0.2, 0.25) is 0 Å². The summed E-state index contributed by atoms with van der Waals surface area (Å²) in [6, 6.07) is 3.50. The lowest BCUT2D eigenvalue weighted by atomic mass is 10.2. The summed E-state index contributed by atoms with van der Waals surface area (Å²) in [4.78, 5) is 34.0. The van der Waals surface area contributed by atoms with Crippen molar-refractivity contribution in [3.63, 3.8) is 0 Å². The summed E-state index contributed by atoms with van der Waals surface area (Å²) < 4.78 is 13.9. The minimum atomic E-state index is -1.14. The zero-order chi connectivity index (χ0) is 14.9. The van der Waals surface area contributed by atoms with Crippen LogP contribution in [-0.4, -0.2) is 19.6 Å². The van der Waals surface area contributed by atoms with Crippen molar-refractivity contribution in [2.24, 2.45) is 0 Å². The average molecular weight is 281 g/mol. The highest BCUT2D eigenvalue weighted by molar-refractivity contribution is 5.47. The van der Waals surface area contributed by atoms with E-state index in [0.717, 1.165) is 16.7 Å². The van der Waals surface area contributed by atoms with E-state index in [4.69, 9.17) is 0 Å². The first-order valence-electron chi connectivity index (χ1n) is 5.34. The van der Waals surface area contributed by atoms with E-state index in [2.05, 4.69) is 0 Å². The van der Waals surface area contributed by atoms with Gasteiger partial charge in [0.1, 0.15) is 0 Å². The number of aromatic hydroxyl groups is 1. The molecule has 1 aromatic carbocycles. The van der Waals surface area contributed by atoms with E-state index in [1.165, 1.54) is 6.07 Å². The van der Waals surface area contributed by atoms with Crippen LogP contribution in [0.4, 0.5) is 10.1 Å². The third kappa shape index (κ3) is 2.55. The number of hydrogen-bond donors (Lipinski definition) is 2. The second kappa shape index (κ2) is 4.96. The van der Waals surface area contributed by atoms with Crippen LogP contribution < -0.4 is 11.2 Å². The minimum Gasteiger partial charge on any atom is -0.502 e. The largest absolute Gasteiger partial charge is 0.502 e. The van der Waals surface area contributed by atoms with Crippen molar-refractivity contribution in [3.05, 3.63) is 66.7 Å². The standard InChI is InChI=1S/C11H8FN3O5/c12-7-5-14(11(18)13-10(7)17)4-6-1-2-9(16)8(3-6)15(19)20/h1-3,5,16H,4H2,(H,13,17,18). The molecule has 104 valence electrons. The molecule has 0 aliphatic carbocycles. The maximum Gasteiger partial charge on any atom is 0.328 e. The van der Waals surface area contributed by atoms with Gasteiger partial charge in [-0.15, -0.1) is 0 Å². The van der Waals surface area contributed by atoms with E-state index in [1.54, 1.807) is 4.98 Å². The number of nitro benzene ring substituents is 1. The van der Waals surface area contributed by atoms with Crippen LogP contribution in [0.3, 0.4) is 0 Å². The fourth-order valence-corrected chi connectivity index (χ4v) is 1.61. The lowest BCUT2D eigenvalue weighted by Gasteiger charge is -2.05. The molecular formula is C11H8FN3O5. The van der Waals surface area contributed by atoms with Gasteiger partial charge in [-0.05, 0) is 11.6 Å². The number of aromatic amines is 1. The number of hydrogen-bond acceptors (Lipinski definition) is 5. The molecule has 0 saturated carbocycles. The Balaban J connectivity index is 2.43. The van der Waals surface area contributed by atoms with Gasteiger partial charge in [-0.1, -0.05) is 6.07 Å². The number of halogens is 1. The molecule has 0 radical (unpaired) electrons. The molecule has 0 aliphatic rings. The van der Waals surface area contributed by atoms with Crippen molar-refractivity contribution in [2.75, 3.05) is 0 Å². The van der Waals surface area contributed by atoms with Crippen molar-refractivity contribution >= 4 is 5.69 Å². The quantitative estimate of drug-likeness (QED) is 0.621. The van der Waals surface area contributed by atoms with E-state index in [-0.39, 0.29) is 6.54 Å². The molecule has 1 heterocycles. The minimum absolute atomic E-state index is 0.187. The average Bonchev–Trinajstić information content (AvgIpc) is 2.37. The first kappa shape index (κ1) is 13.5. The Morgan fingerprint density at radius 1 is 1.40 bits per heavy atom. The fourth-order valence-electron chi connectivity index (χ4n) is 1.61. The van der Waals surface area contributed by atoms with Gasteiger partial charge < -0.3 is 5.11 Å². The van der Waals surface area contributed by atoms with Gasteiger partial charge in [-0.3, -0.25) is 24.5 Å². The molecule has 0 bridgehead atoms. The molecule has 0 saturated heterocycles. The third-order valence-corrected chi connectivity index (χ3v) is 2.56. The van der Waals surface area contributed by atoms with Crippen molar-refractivity contribution < 1.29 is 14.4 Å². The van der Waals surface area contributed by atoms with Gasteiger partial charge in [0, 0.05) is 6.07 Å².